The minimum absolute atomic E-state index is 0.0995. The molecular weight excluding hydrogens is 325 g/mol. The van der Waals surface area contributed by atoms with Gasteiger partial charge in [0.05, 0.1) is 5.69 Å². The number of carbonyl (C=O) groups is 2. The molecule has 0 unspecified atom stereocenters. The molecule has 0 fully saturated rings. The number of nitrogens with zero attached hydrogens (tertiary/aromatic N) is 4. The number of halogens is 1. The summed E-state index contributed by atoms with van der Waals surface area (Å²) in [5.74, 6) is -0.538. The van der Waals surface area contributed by atoms with Gasteiger partial charge in [0.2, 0.25) is 11.6 Å². The fourth-order valence-corrected chi connectivity index (χ4v) is 2.82. The molecule has 0 saturated carbocycles. The lowest BCUT2D eigenvalue weighted by atomic mass is 10.1. The first-order chi connectivity index (χ1) is 11.9. The molecule has 0 spiro atoms. The topological polar surface area (TPSA) is 93.5 Å². The first-order valence-corrected chi connectivity index (χ1v) is 7.64. The van der Waals surface area contributed by atoms with E-state index < -0.39 is 5.82 Å². The van der Waals surface area contributed by atoms with E-state index in [2.05, 4.69) is 20.4 Å². The minimum Gasteiger partial charge on any atom is -0.355 e. The normalized spacial score (nSPS) is 10.9. The van der Waals surface area contributed by atoms with Gasteiger partial charge in [-0.25, -0.2) is 4.39 Å². The van der Waals surface area contributed by atoms with E-state index in [1.807, 2.05) is 0 Å². The molecule has 128 valence electrons. The molecule has 0 atom stereocenters. The van der Waals surface area contributed by atoms with Gasteiger partial charge in [-0.15, -0.1) is 10.2 Å². The van der Waals surface area contributed by atoms with Gasteiger partial charge in [-0.1, -0.05) is 12.1 Å². The highest BCUT2D eigenvalue weighted by molar-refractivity contribution is 6.03. The summed E-state index contributed by atoms with van der Waals surface area (Å²) in [5, 5.41) is 11.8. The Hall–Kier alpha value is -3.16. The molecule has 2 aromatic heterocycles. The quantitative estimate of drug-likeness (QED) is 0.720. The predicted octanol–water partition coefficient (Wildman–Crippen LogP) is 2.51. The summed E-state index contributed by atoms with van der Waals surface area (Å²) in [7, 11) is 0. The third-order valence-corrected chi connectivity index (χ3v) is 3.89. The van der Waals surface area contributed by atoms with Crippen LogP contribution in [0.25, 0.3) is 11.4 Å². The van der Waals surface area contributed by atoms with Crippen LogP contribution in [0.15, 0.2) is 24.3 Å². The summed E-state index contributed by atoms with van der Waals surface area (Å²) in [6.45, 7) is 4.79. The number of hydrogen-bond acceptors (Lipinski definition) is 5. The summed E-state index contributed by atoms with van der Waals surface area (Å²) in [4.78, 5) is 28.3. The number of H-pyrrole nitrogens is 1. The van der Waals surface area contributed by atoms with Gasteiger partial charge < -0.3 is 4.98 Å². The number of rotatable bonds is 5. The average molecular weight is 341 g/mol. The molecule has 0 saturated heterocycles. The van der Waals surface area contributed by atoms with E-state index >= 15 is 0 Å². The van der Waals surface area contributed by atoms with Crippen LogP contribution in [0, 0.1) is 19.7 Å². The molecule has 7 nitrogen and oxygen atoms in total. The van der Waals surface area contributed by atoms with E-state index in [-0.39, 0.29) is 23.9 Å². The van der Waals surface area contributed by atoms with E-state index in [9.17, 15) is 14.0 Å². The van der Waals surface area contributed by atoms with Gasteiger partial charge in [-0.3, -0.25) is 9.59 Å². The van der Waals surface area contributed by atoms with Crippen LogP contribution < -0.4 is 0 Å². The molecule has 3 rings (SSSR count). The number of aryl methyl sites for hydroxylation is 1. The van der Waals surface area contributed by atoms with Crippen LogP contribution in [0.3, 0.4) is 0 Å². The van der Waals surface area contributed by atoms with Gasteiger partial charge in [0.1, 0.15) is 12.4 Å². The van der Waals surface area contributed by atoms with Crippen molar-refractivity contribution < 1.29 is 14.0 Å². The smallest absolute Gasteiger partial charge is 0.205 e. The highest BCUT2D eigenvalue weighted by Gasteiger charge is 2.20. The lowest BCUT2D eigenvalue weighted by Gasteiger charge is -2.00. The van der Waals surface area contributed by atoms with Crippen LogP contribution in [-0.4, -0.2) is 36.8 Å². The first kappa shape index (κ1) is 16.7. The maximum atomic E-state index is 13.3. The number of carbonyl (C=O) groups excluding carboxylic acids is 2. The van der Waals surface area contributed by atoms with Gasteiger partial charge in [0, 0.05) is 16.8 Å². The fourth-order valence-electron chi connectivity index (χ4n) is 2.82. The van der Waals surface area contributed by atoms with Crippen molar-refractivity contribution in [3.63, 3.8) is 0 Å². The summed E-state index contributed by atoms with van der Waals surface area (Å²) in [6, 6.07) is 5.82. The van der Waals surface area contributed by atoms with Gasteiger partial charge >= 0.3 is 0 Å². The number of hydrogen-bond donors (Lipinski definition) is 1. The van der Waals surface area contributed by atoms with Gasteiger partial charge in [-0.05, 0) is 43.7 Å². The molecule has 0 aliphatic carbocycles. The van der Waals surface area contributed by atoms with E-state index in [0.717, 1.165) is 4.80 Å². The van der Waals surface area contributed by atoms with Crippen molar-refractivity contribution in [2.24, 2.45) is 0 Å². The monoisotopic (exact) mass is 341 g/mol. The molecule has 0 aliphatic rings. The zero-order valence-corrected chi connectivity index (χ0v) is 14.0. The van der Waals surface area contributed by atoms with Crippen LogP contribution in [0.4, 0.5) is 4.39 Å². The van der Waals surface area contributed by atoms with Gasteiger partial charge in [-0.2, -0.15) is 4.80 Å². The number of aromatic nitrogens is 5. The second kappa shape index (κ2) is 6.39. The van der Waals surface area contributed by atoms with Crippen molar-refractivity contribution in [2.75, 3.05) is 0 Å². The first-order valence-electron chi connectivity index (χ1n) is 7.64. The van der Waals surface area contributed by atoms with Crippen LogP contribution in [0.1, 0.15) is 39.0 Å². The van der Waals surface area contributed by atoms with Crippen molar-refractivity contribution in [1.82, 2.24) is 25.2 Å². The predicted molar refractivity (Wildman–Crippen MR) is 87.8 cm³/mol. The van der Waals surface area contributed by atoms with E-state index in [1.54, 1.807) is 26.0 Å². The van der Waals surface area contributed by atoms with Crippen molar-refractivity contribution >= 4 is 11.6 Å². The molecule has 2 heterocycles. The maximum Gasteiger partial charge on any atom is 0.205 e. The Bertz CT molecular complexity index is 973. The van der Waals surface area contributed by atoms with E-state index in [4.69, 9.17) is 0 Å². The van der Waals surface area contributed by atoms with Gasteiger partial charge in [0.15, 0.2) is 5.78 Å². The molecule has 0 amide bonds. The summed E-state index contributed by atoms with van der Waals surface area (Å²) in [5.41, 5.74) is 2.62. The van der Waals surface area contributed by atoms with E-state index in [1.165, 1.54) is 19.1 Å². The van der Waals surface area contributed by atoms with Crippen molar-refractivity contribution in [2.45, 2.75) is 27.3 Å². The number of ketones is 2. The number of nitrogens with one attached hydrogen (secondary N) is 1. The molecule has 0 aliphatic heterocycles. The van der Waals surface area contributed by atoms with Crippen LogP contribution in [-0.2, 0) is 6.54 Å². The molecule has 3 aromatic rings. The lowest BCUT2D eigenvalue weighted by Crippen LogP contribution is -2.14. The van der Waals surface area contributed by atoms with Crippen molar-refractivity contribution in [1.29, 1.82) is 0 Å². The fraction of sp³-hybridized carbons (Fsp3) is 0.235. The molecule has 1 N–H and O–H groups in total. The number of tetrazole rings is 1. The Kier molecular flexibility index (Phi) is 4.26. The maximum absolute atomic E-state index is 13.3. The standard InChI is InChI=1S/C17H16FN5O2/c1-9-15(11(3)24)10(2)19-16(9)14(25)8-23-21-17(20-22-23)12-5-4-6-13(18)7-12/h4-7,19H,8H2,1-3H3. The second-order valence-electron chi connectivity index (χ2n) is 5.76. The SMILES string of the molecule is CC(=O)c1c(C)[nH]c(C(=O)Cn2nnc(-c3cccc(F)c3)n2)c1C. The highest BCUT2D eigenvalue weighted by Crippen LogP contribution is 2.19. The minimum atomic E-state index is -0.404. The number of benzene rings is 1. The summed E-state index contributed by atoms with van der Waals surface area (Å²) >= 11 is 0. The van der Waals surface area contributed by atoms with Crippen molar-refractivity contribution in [3.8, 4) is 11.4 Å². The number of Topliss-reactive ketones (excluding diaryl/α,β-unsaturated/α-hetero) is 2. The van der Waals surface area contributed by atoms with Crippen LogP contribution >= 0.6 is 0 Å². The highest BCUT2D eigenvalue weighted by atomic mass is 19.1. The molecule has 1 aromatic carbocycles. The Morgan fingerprint density at radius 3 is 2.68 bits per heavy atom. The Morgan fingerprint density at radius 2 is 2.04 bits per heavy atom. The Labute approximate surface area is 142 Å². The number of aromatic amines is 1. The zero-order chi connectivity index (χ0) is 18.1. The summed E-state index contributed by atoms with van der Waals surface area (Å²) < 4.78 is 13.3. The summed E-state index contributed by atoms with van der Waals surface area (Å²) in [6.07, 6.45) is 0. The third-order valence-electron chi connectivity index (χ3n) is 3.89. The van der Waals surface area contributed by atoms with E-state index in [0.29, 0.717) is 28.1 Å². The molecule has 8 heteroatoms. The zero-order valence-electron chi connectivity index (χ0n) is 14.0. The molecule has 0 radical (unpaired) electrons. The molecule has 25 heavy (non-hydrogen) atoms. The van der Waals surface area contributed by atoms with Crippen molar-refractivity contribution in [3.05, 3.63) is 52.6 Å². The van der Waals surface area contributed by atoms with Gasteiger partial charge in [0.25, 0.3) is 0 Å². The van der Waals surface area contributed by atoms with Crippen LogP contribution in [0.2, 0.25) is 0 Å². The lowest BCUT2D eigenvalue weighted by molar-refractivity contribution is 0.0956. The Balaban J connectivity index is 1.83. The largest absolute Gasteiger partial charge is 0.355 e. The second-order valence-corrected chi connectivity index (χ2v) is 5.76. The average Bonchev–Trinajstić information content (AvgIpc) is 3.11. The molecular formula is C17H16FN5O2. The molecule has 0 bridgehead atoms. The van der Waals surface area contributed by atoms with Crippen LogP contribution in [0.5, 0.6) is 0 Å². The Morgan fingerprint density at radius 1 is 1.28 bits per heavy atom. The third kappa shape index (κ3) is 3.23.